The molecule has 0 fully saturated rings. The van der Waals surface area contributed by atoms with E-state index in [9.17, 15) is 4.79 Å². The van der Waals surface area contributed by atoms with E-state index < -0.39 is 0 Å². The molecule has 4 nitrogen and oxygen atoms in total. The molecule has 0 N–H and O–H groups in total. The first-order valence-corrected chi connectivity index (χ1v) is 10.4. The molecule has 5 heteroatoms. The molecule has 0 radical (unpaired) electrons. The number of ether oxygens (including phenoxy) is 2. The molecule has 0 aromatic heterocycles. The molecule has 0 saturated carbocycles. The topological polar surface area (TPSA) is 38.8 Å². The highest BCUT2D eigenvalue weighted by molar-refractivity contribution is 8.00. The van der Waals surface area contributed by atoms with Crippen molar-refractivity contribution in [2.24, 2.45) is 0 Å². The Morgan fingerprint density at radius 2 is 1.75 bits per heavy atom. The number of amides is 1. The highest BCUT2D eigenvalue weighted by Gasteiger charge is 2.37. The number of carbonyl (C=O) groups excluding carboxylic acids is 1. The van der Waals surface area contributed by atoms with Crippen LogP contribution >= 0.6 is 11.8 Å². The van der Waals surface area contributed by atoms with E-state index in [2.05, 4.69) is 24.3 Å². The first kappa shape index (κ1) is 18.7. The van der Waals surface area contributed by atoms with Gasteiger partial charge in [0.15, 0.2) is 11.5 Å². The SMILES string of the molecule is CCOc1ccc(C(=O)N2c3ccccc3S[C@H]3C=CC=C[C@@H]32)cc1OCC. The first-order valence-electron chi connectivity index (χ1n) is 9.56. The molecule has 2 atom stereocenters. The lowest BCUT2D eigenvalue weighted by molar-refractivity contribution is 0.0980. The van der Waals surface area contributed by atoms with Gasteiger partial charge in [0, 0.05) is 10.5 Å². The van der Waals surface area contributed by atoms with Gasteiger partial charge in [-0.25, -0.2) is 0 Å². The molecule has 4 rings (SSSR count). The van der Waals surface area contributed by atoms with E-state index >= 15 is 0 Å². The standard InChI is InChI=1S/C23H23NO3S/c1-3-26-19-14-13-16(15-20(19)27-4-2)23(25)24-17-9-5-7-11-21(17)28-22-12-8-6-10-18(22)24/h5-15,17,21H,3-4H2,1-2H3/t17-,21-/m0/s1. The average Bonchev–Trinajstić information content (AvgIpc) is 2.73. The van der Waals surface area contributed by atoms with Gasteiger partial charge in [-0.1, -0.05) is 36.4 Å². The van der Waals surface area contributed by atoms with E-state index in [1.54, 1.807) is 17.8 Å². The van der Waals surface area contributed by atoms with Gasteiger partial charge in [-0.05, 0) is 44.2 Å². The summed E-state index contributed by atoms with van der Waals surface area (Å²) < 4.78 is 11.4. The van der Waals surface area contributed by atoms with Gasteiger partial charge in [-0.2, -0.15) is 0 Å². The molecule has 0 saturated heterocycles. The lowest BCUT2D eigenvalue weighted by Gasteiger charge is -2.40. The summed E-state index contributed by atoms with van der Waals surface area (Å²) in [6.45, 7) is 4.91. The summed E-state index contributed by atoms with van der Waals surface area (Å²) in [5.74, 6) is 1.23. The van der Waals surface area contributed by atoms with E-state index in [0.717, 1.165) is 10.6 Å². The minimum Gasteiger partial charge on any atom is -0.490 e. The summed E-state index contributed by atoms with van der Waals surface area (Å²) >= 11 is 1.80. The highest BCUT2D eigenvalue weighted by atomic mass is 32.2. The van der Waals surface area contributed by atoms with Gasteiger partial charge in [0.05, 0.1) is 30.2 Å². The number of para-hydroxylation sites is 1. The zero-order valence-electron chi connectivity index (χ0n) is 16.0. The summed E-state index contributed by atoms with van der Waals surface area (Å²) in [4.78, 5) is 16.6. The van der Waals surface area contributed by atoms with Crippen LogP contribution in [0.15, 0.2) is 71.7 Å². The van der Waals surface area contributed by atoms with E-state index in [4.69, 9.17) is 9.47 Å². The van der Waals surface area contributed by atoms with Gasteiger partial charge in [0.2, 0.25) is 0 Å². The van der Waals surface area contributed by atoms with Crippen molar-refractivity contribution >= 4 is 23.4 Å². The maximum atomic E-state index is 13.6. The Morgan fingerprint density at radius 3 is 2.57 bits per heavy atom. The van der Waals surface area contributed by atoms with E-state index in [1.165, 1.54) is 0 Å². The summed E-state index contributed by atoms with van der Waals surface area (Å²) in [6.07, 6.45) is 8.33. The zero-order valence-corrected chi connectivity index (χ0v) is 16.8. The molecule has 1 aliphatic carbocycles. The summed E-state index contributed by atoms with van der Waals surface area (Å²) in [7, 11) is 0. The predicted octanol–water partition coefficient (Wildman–Crippen LogP) is 5.10. The van der Waals surface area contributed by atoms with Crippen LogP contribution in [0.5, 0.6) is 11.5 Å². The van der Waals surface area contributed by atoms with Crippen LogP contribution in [0.1, 0.15) is 24.2 Å². The van der Waals surface area contributed by atoms with Crippen molar-refractivity contribution in [3.63, 3.8) is 0 Å². The maximum Gasteiger partial charge on any atom is 0.259 e. The van der Waals surface area contributed by atoms with E-state index in [0.29, 0.717) is 30.3 Å². The van der Waals surface area contributed by atoms with Crippen molar-refractivity contribution in [2.45, 2.75) is 30.0 Å². The normalized spacial score (nSPS) is 19.7. The monoisotopic (exact) mass is 393 g/mol. The van der Waals surface area contributed by atoms with Crippen LogP contribution in [0, 0.1) is 0 Å². The van der Waals surface area contributed by atoms with Crippen molar-refractivity contribution < 1.29 is 14.3 Å². The van der Waals surface area contributed by atoms with Gasteiger partial charge in [0.25, 0.3) is 5.91 Å². The zero-order chi connectivity index (χ0) is 19.5. The fourth-order valence-corrected chi connectivity index (χ4v) is 4.81. The Balaban J connectivity index is 1.75. The van der Waals surface area contributed by atoms with Crippen LogP contribution in [0.3, 0.4) is 0 Å². The molecular weight excluding hydrogens is 370 g/mol. The number of rotatable bonds is 5. The molecule has 1 heterocycles. The Kier molecular flexibility index (Phi) is 5.44. The van der Waals surface area contributed by atoms with E-state index in [1.807, 2.05) is 55.2 Å². The first-order chi connectivity index (χ1) is 13.7. The molecule has 2 aromatic carbocycles. The molecule has 1 aliphatic heterocycles. The highest BCUT2D eigenvalue weighted by Crippen LogP contribution is 2.44. The predicted molar refractivity (Wildman–Crippen MR) is 114 cm³/mol. The molecule has 2 aromatic rings. The molecule has 2 aliphatic rings. The quantitative estimate of drug-likeness (QED) is 0.708. The van der Waals surface area contributed by atoms with Gasteiger partial charge in [0.1, 0.15) is 0 Å². The van der Waals surface area contributed by atoms with Crippen LogP contribution in [0.4, 0.5) is 5.69 Å². The second-order valence-electron chi connectivity index (χ2n) is 6.51. The maximum absolute atomic E-state index is 13.6. The fraction of sp³-hybridized carbons (Fsp3) is 0.261. The molecule has 0 unspecified atom stereocenters. The van der Waals surface area contributed by atoms with E-state index in [-0.39, 0.29) is 17.2 Å². The number of thioether (sulfide) groups is 1. The molecular formula is C23H23NO3S. The second-order valence-corrected chi connectivity index (χ2v) is 7.73. The van der Waals surface area contributed by atoms with Crippen molar-refractivity contribution in [1.29, 1.82) is 0 Å². The molecule has 0 spiro atoms. The molecule has 144 valence electrons. The number of allylic oxidation sites excluding steroid dienone is 2. The third kappa shape index (κ3) is 3.42. The fourth-order valence-electron chi connectivity index (χ4n) is 3.55. The third-order valence-electron chi connectivity index (χ3n) is 4.75. The number of nitrogens with zero attached hydrogens (tertiary/aromatic N) is 1. The lowest BCUT2D eigenvalue weighted by atomic mass is 10.0. The van der Waals surface area contributed by atoms with Gasteiger partial charge >= 0.3 is 0 Å². The molecule has 28 heavy (non-hydrogen) atoms. The number of anilines is 1. The Hall–Kier alpha value is -2.66. The minimum absolute atomic E-state index is 0.0143. The second kappa shape index (κ2) is 8.15. The van der Waals surface area contributed by atoms with Gasteiger partial charge in [-0.3, -0.25) is 9.69 Å². The minimum atomic E-state index is -0.0355. The Labute approximate surface area is 169 Å². The number of carbonyl (C=O) groups is 1. The Morgan fingerprint density at radius 1 is 1.00 bits per heavy atom. The van der Waals surface area contributed by atoms with Crippen LogP contribution in [-0.4, -0.2) is 30.4 Å². The lowest BCUT2D eigenvalue weighted by Crippen LogP contribution is -2.47. The smallest absolute Gasteiger partial charge is 0.259 e. The Bertz CT molecular complexity index is 937. The summed E-state index contributed by atoms with van der Waals surface area (Å²) in [6, 6.07) is 13.5. The van der Waals surface area contributed by atoms with Crippen LogP contribution in [0.25, 0.3) is 0 Å². The van der Waals surface area contributed by atoms with Crippen LogP contribution in [-0.2, 0) is 0 Å². The van der Waals surface area contributed by atoms with Crippen molar-refractivity contribution in [2.75, 3.05) is 18.1 Å². The number of hydrogen-bond donors (Lipinski definition) is 0. The average molecular weight is 394 g/mol. The number of benzene rings is 2. The molecule has 0 bridgehead atoms. The third-order valence-corrected chi connectivity index (χ3v) is 6.06. The number of fused-ring (bicyclic) bond motifs is 2. The summed E-state index contributed by atoms with van der Waals surface area (Å²) in [5.41, 5.74) is 1.54. The molecule has 1 amide bonds. The number of hydrogen-bond acceptors (Lipinski definition) is 4. The van der Waals surface area contributed by atoms with Gasteiger partial charge in [-0.15, -0.1) is 11.8 Å². The van der Waals surface area contributed by atoms with Crippen LogP contribution < -0.4 is 14.4 Å². The van der Waals surface area contributed by atoms with Crippen molar-refractivity contribution in [1.82, 2.24) is 0 Å². The van der Waals surface area contributed by atoms with Gasteiger partial charge < -0.3 is 9.47 Å². The van der Waals surface area contributed by atoms with Crippen molar-refractivity contribution in [3.8, 4) is 11.5 Å². The largest absolute Gasteiger partial charge is 0.490 e. The van der Waals surface area contributed by atoms with Crippen molar-refractivity contribution in [3.05, 3.63) is 72.3 Å². The van der Waals surface area contributed by atoms with Crippen LogP contribution in [0.2, 0.25) is 0 Å². The summed E-state index contributed by atoms with van der Waals surface area (Å²) in [5, 5.41) is 0.206.